The zero-order valence-electron chi connectivity index (χ0n) is 9.41. The standard InChI is InChI=1S/C13H14FNOS/c14-13-4-3-10(6-11(13)2-1-5-15)9-17-12-7-16-8-12/h3-4,6,12H,5,7-9,15H2. The topological polar surface area (TPSA) is 35.2 Å². The molecule has 0 bridgehead atoms. The van der Waals surface area contributed by atoms with Gasteiger partial charge in [-0.15, -0.1) is 11.8 Å². The first-order chi connectivity index (χ1) is 8.29. The molecule has 0 radical (unpaired) electrons. The molecule has 17 heavy (non-hydrogen) atoms. The van der Waals surface area contributed by atoms with Crippen LogP contribution in [0.15, 0.2) is 18.2 Å². The van der Waals surface area contributed by atoms with Gasteiger partial charge in [-0.2, -0.15) is 0 Å². The minimum Gasteiger partial charge on any atom is -0.379 e. The van der Waals surface area contributed by atoms with Crippen molar-refractivity contribution in [3.8, 4) is 11.8 Å². The molecule has 0 unspecified atom stereocenters. The average molecular weight is 251 g/mol. The summed E-state index contributed by atoms with van der Waals surface area (Å²) in [5.74, 6) is 6.00. The Kier molecular flexibility index (Phi) is 4.43. The maximum Gasteiger partial charge on any atom is 0.138 e. The molecule has 2 rings (SSSR count). The van der Waals surface area contributed by atoms with Crippen molar-refractivity contribution in [3.05, 3.63) is 35.1 Å². The molecule has 2 N–H and O–H groups in total. The summed E-state index contributed by atoms with van der Waals surface area (Å²) < 4.78 is 18.5. The first-order valence-electron chi connectivity index (χ1n) is 5.46. The fourth-order valence-corrected chi connectivity index (χ4v) is 2.42. The maximum absolute atomic E-state index is 13.4. The molecule has 1 aromatic rings. The lowest BCUT2D eigenvalue weighted by atomic mass is 10.1. The van der Waals surface area contributed by atoms with Crippen molar-refractivity contribution in [1.82, 2.24) is 0 Å². The predicted octanol–water partition coefficient (Wildman–Crippen LogP) is 1.77. The lowest BCUT2D eigenvalue weighted by molar-refractivity contribution is 0.0455. The summed E-state index contributed by atoms with van der Waals surface area (Å²) in [6, 6.07) is 5.06. The van der Waals surface area contributed by atoms with E-state index in [1.807, 2.05) is 11.8 Å². The molecule has 0 aromatic heterocycles. The van der Waals surface area contributed by atoms with E-state index in [9.17, 15) is 4.39 Å². The Morgan fingerprint density at radius 3 is 2.94 bits per heavy atom. The van der Waals surface area contributed by atoms with Crippen LogP contribution in [-0.2, 0) is 10.5 Å². The second-order valence-corrected chi connectivity index (χ2v) is 5.08. The van der Waals surface area contributed by atoms with Crippen molar-refractivity contribution in [2.75, 3.05) is 19.8 Å². The summed E-state index contributed by atoms with van der Waals surface area (Å²) in [7, 11) is 0. The lowest BCUT2D eigenvalue weighted by Gasteiger charge is -2.25. The number of ether oxygens (including phenoxy) is 1. The van der Waals surface area contributed by atoms with Gasteiger partial charge >= 0.3 is 0 Å². The molecule has 1 saturated heterocycles. The smallest absolute Gasteiger partial charge is 0.138 e. The summed E-state index contributed by atoms with van der Waals surface area (Å²) in [6.45, 7) is 1.90. The van der Waals surface area contributed by atoms with Crippen LogP contribution in [0.5, 0.6) is 0 Å². The Balaban J connectivity index is 2.01. The molecule has 1 aliphatic heterocycles. The van der Waals surface area contributed by atoms with Crippen LogP contribution in [-0.4, -0.2) is 25.0 Å². The van der Waals surface area contributed by atoms with E-state index in [0.29, 0.717) is 10.8 Å². The minimum atomic E-state index is -0.285. The first kappa shape index (κ1) is 12.4. The van der Waals surface area contributed by atoms with Gasteiger partial charge in [0.1, 0.15) is 5.82 Å². The van der Waals surface area contributed by atoms with Gasteiger partial charge < -0.3 is 10.5 Å². The monoisotopic (exact) mass is 251 g/mol. The third-order valence-corrected chi connectivity index (χ3v) is 3.69. The molecule has 90 valence electrons. The van der Waals surface area contributed by atoms with E-state index in [1.165, 1.54) is 6.07 Å². The van der Waals surface area contributed by atoms with Crippen LogP contribution in [0, 0.1) is 17.7 Å². The SMILES string of the molecule is NCC#Cc1cc(CSC2COC2)ccc1F. The molecule has 1 aromatic carbocycles. The van der Waals surface area contributed by atoms with Gasteiger partial charge in [0.15, 0.2) is 0 Å². The second-order valence-electron chi connectivity index (χ2n) is 3.79. The zero-order chi connectivity index (χ0) is 12.1. The van der Waals surface area contributed by atoms with Gasteiger partial charge in [-0.05, 0) is 17.7 Å². The predicted molar refractivity (Wildman–Crippen MR) is 68.2 cm³/mol. The molecule has 0 aliphatic carbocycles. The summed E-state index contributed by atoms with van der Waals surface area (Å²) in [5.41, 5.74) is 6.79. The number of thioether (sulfide) groups is 1. The third kappa shape index (κ3) is 3.47. The van der Waals surface area contributed by atoms with Gasteiger partial charge in [-0.3, -0.25) is 0 Å². The van der Waals surface area contributed by atoms with Crippen molar-refractivity contribution < 1.29 is 9.13 Å². The number of halogens is 1. The van der Waals surface area contributed by atoms with E-state index in [2.05, 4.69) is 11.8 Å². The van der Waals surface area contributed by atoms with Crippen LogP contribution >= 0.6 is 11.8 Å². The lowest BCUT2D eigenvalue weighted by Crippen LogP contribution is -2.30. The maximum atomic E-state index is 13.4. The van der Waals surface area contributed by atoms with Crippen LogP contribution < -0.4 is 5.73 Å². The van der Waals surface area contributed by atoms with Crippen molar-refractivity contribution >= 4 is 11.8 Å². The molecular formula is C13H14FNOS. The summed E-state index contributed by atoms with van der Waals surface area (Å²) in [5, 5.41) is 0.582. The Labute approximate surface area is 105 Å². The third-order valence-electron chi connectivity index (χ3n) is 2.45. The molecule has 0 saturated carbocycles. The Hall–Kier alpha value is -1.02. The number of rotatable bonds is 3. The van der Waals surface area contributed by atoms with Crippen LogP contribution in [0.25, 0.3) is 0 Å². The fraction of sp³-hybridized carbons (Fsp3) is 0.385. The molecule has 0 atom stereocenters. The van der Waals surface area contributed by atoms with Gasteiger partial charge in [0, 0.05) is 5.75 Å². The number of nitrogens with two attached hydrogens (primary N) is 1. The van der Waals surface area contributed by atoms with E-state index in [1.54, 1.807) is 12.1 Å². The highest BCUT2D eigenvalue weighted by Crippen LogP contribution is 2.24. The Morgan fingerprint density at radius 2 is 2.29 bits per heavy atom. The van der Waals surface area contributed by atoms with Gasteiger partial charge in [-0.25, -0.2) is 4.39 Å². The van der Waals surface area contributed by atoms with Crippen LogP contribution in [0.2, 0.25) is 0 Å². The average Bonchev–Trinajstić information content (AvgIpc) is 2.27. The summed E-state index contributed by atoms with van der Waals surface area (Å²) in [4.78, 5) is 0. The van der Waals surface area contributed by atoms with Crippen LogP contribution in [0.1, 0.15) is 11.1 Å². The van der Waals surface area contributed by atoms with Crippen molar-refractivity contribution in [1.29, 1.82) is 0 Å². The van der Waals surface area contributed by atoms with E-state index in [4.69, 9.17) is 10.5 Å². The van der Waals surface area contributed by atoms with Gasteiger partial charge in [0.2, 0.25) is 0 Å². The summed E-state index contributed by atoms with van der Waals surface area (Å²) in [6.07, 6.45) is 0. The highest BCUT2D eigenvalue weighted by molar-refractivity contribution is 7.99. The molecule has 0 amide bonds. The van der Waals surface area contributed by atoms with E-state index >= 15 is 0 Å². The van der Waals surface area contributed by atoms with Crippen molar-refractivity contribution in [2.24, 2.45) is 5.73 Å². The zero-order valence-corrected chi connectivity index (χ0v) is 10.2. The largest absolute Gasteiger partial charge is 0.379 e. The van der Waals surface area contributed by atoms with Crippen molar-refractivity contribution in [2.45, 2.75) is 11.0 Å². The normalized spacial score (nSPS) is 14.9. The molecular weight excluding hydrogens is 237 g/mol. The number of hydrogen-bond donors (Lipinski definition) is 1. The van der Waals surface area contributed by atoms with Gasteiger partial charge in [0.05, 0.1) is 30.6 Å². The Bertz CT molecular complexity index is 448. The molecule has 1 aliphatic rings. The van der Waals surface area contributed by atoms with Crippen LogP contribution in [0.4, 0.5) is 4.39 Å². The molecule has 1 fully saturated rings. The molecule has 1 heterocycles. The number of hydrogen-bond acceptors (Lipinski definition) is 3. The fourth-order valence-electron chi connectivity index (χ4n) is 1.43. The number of benzene rings is 1. The summed E-state index contributed by atoms with van der Waals surface area (Å²) >= 11 is 1.83. The van der Waals surface area contributed by atoms with Gasteiger partial charge in [0.25, 0.3) is 0 Å². The molecule has 4 heteroatoms. The molecule has 2 nitrogen and oxygen atoms in total. The van der Waals surface area contributed by atoms with Gasteiger partial charge in [-0.1, -0.05) is 17.9 Å². The second kappa shape index (κ2) is 6.06. The van der Waals surface area contributed by atoms with E-state index < -0.39 is 0 Å². The van der Waals surface area contributed by atoms with Crippen LogP contribution in [0.3, 0.4) is 0 Å². The minimum absolute atomic E-state index is 0.248. The Morgan fingerprint density at radius 1 is 1.47 bits per heavy atom. The van der Waals surface area contributed by atoms with Crippen molar-refractivity contribution in [3.63, 3.8) is 0 Å². The highest BCUT2D eigenvalue weighted by atomic mass is 32.2. The first-order valence-corrected chi connectivity index (χ1v) is 6.51. The molecule has 0 spiro atoms. The highest BCUT2D eigenvalue weighted by Gasteiger charge is 2.18. The quantitative estimate of drug-likeness (QED) is 0.832. The van der Waals surface area contributed by atoms with E-state index in [0.717, 1.165) is 24.5 Å². The van der Waals surface area contributed by atoms with E-state index in [-0.39, 0.29) is 12.4 Å².